The minimum Gasteiger partial charge on any atom is -1.00 e. The molecule has 0 aliphatic heterocycles. The van der Waals surface area contributed by atoms with Gasteiger partial charge in [0.1, 0.15) is 0 Å². The van der Waals surface area contributed by atoms with E-state index in [-0.39, 0.29) is 70.9 Å². The average Bonchev–Trinajstić information content (AvgIpc) is 0. The summed E-state index contributed by atoms with van der Waals surface area (Å²) in [6.45, 7) is 0. The minimum atomic E-state index is 0. The van der Waals surface area contributed by atoms with Crippen molar-refractivity contribution in [3.8, 4) is 0 Å². The molecular weight excluding hydrogens is 120 g/mol. The predicted molar refractivity (Wildman–Crippen MR) is 14.3 cm³/mol. The minimum absolute atomic E-state index is 0. The van der Waals surface area contributed by atoms with Gasteiger partial charge in [-0.05, 0) is 0 Å². The van der Waals surface area contributed by atoms with Gasteiger partial charge >= 0.3 is 46.1 Å². The van der Waals surface area contributed by atoms with Crippen molar-refractivity contribution >= 4 is 46.1 Å². The van der Waals surface area contributed by atoms with Crippen LogP contribution in [0.5, 0.6) is 0 Å². The van der Waals surface area contributed by atoms with Gasteiger partial charge in [0.05, 0.1) is 0 Å². The van der Waals surface area contributed by atoms with Gasteiger partial charge in [0.15, 0.2) is 0 Å². The van der Waals surface area contributed by atoms with E-state index < -0.39 is 0 Å². The van der Waals surface area contributed by atoms with Gasteiger partial charge in [-0.15, -0.1) is 0 Å². The van der Waals surface area contributed by atoms with Crippen LogP contribution in [0.25, 0.3) is 0 Å². The van der Waals surface area contributed by atoms with Gasteiger partial charge in [-0.25, -0.2) is 0 Å². The molecule has 0 aromatic carbocycles. The quantitative estimate of drug-likeness (QED) is 0.280. The molecule has 0 aliphatic carbocycles. The van der Waals surface area contributed by atoms with E-state index in [1.54, 1.807) is 0 Å². The zero-order chi connectivity index (χ0) is 0. The van der Waals surface area contributed by atoms with Crippen molar-refractivity contribution in [2.45, 2.75) is 0 Å². The van der Waals surface area contributed by atoms with E-state index in [1.807, 2.05) is 0 Å². The van der Waals surface area contributed by atoms with Gasteiger partial charge in [0.25, 0.3) is 0 Å². The molecule has 0 saturated heterocycles. The molecule has 0 nitrogen and oxygen atoms in total. The van der Waals surface area contributed by atoms with E-state index in [9.17, 15) is 0 Å². The number of rotatable bonds is 0. The molecule has 0 bridgehead atoms. The topological polar surface area (TPSA) is 0 Å². The zero-order valence-corrected chi connectivity index (χ0v) is 4.39. The molecule has 0 saturated carbocycles. The van der Waals surface area contributed by atoms with Crippen LogP contribution >= 0.6 is 0 Å². The molecule has 4 heteroatoms. The Morgan fingerprint density at radius 1 is 0.750 bits per heavy atom. The second-order valence-corrected chi connectivity index (χ2v) is 0. The zero-order valence-electron chi connectivity index (χ0n) is 1.46. The van der Waals surface area contributed by atoms with Crippen LogP contribution in [0.3, 0.4) is 0 Å². The molecule has 0 aromatic heterocycles. The summed E-state index contributed by atoms with van der Waals surface area (Å²) in [6, 6.07) is 0. The Morgan fingerprint density at radius 3 is 0.750 bits per heavy atom. The van der Waals surface area contributed by atoms with Crippen LogP contribution in [-0.2, 0) is 0 Å². The Morgan fingerprint density at radius 2 is 0.750 bits per heavy atom. The van der Waals surface area contributed by atoms with Gasteiger partial charge in [-0.3, -0.25) is 0 Å². The first-order valence-corrected chi connectivity index (χ1v) is 0. The molecule has 0 aromatic rings. The summed E-state index contributed by atoms with van der Waals surface area (Å²) < 4.78 is 0. The first-order valence-electron chi connectivity index (χ1n) is 0. The average molecular weight is 122 g/mol. The van der Waals surface area contributed by atoms with Crippen molar-refractivity contribution in [3.05, 3.63) is 0 Å². The fourth-order valence-electron chi connectivity index (χ4n) is 0. The fraction of sp³-hybridized carbons (Fsp3) is 0. The first-order chi connectivity index (χ1) is 0. The maximum Gasteiger partial charge on any atom is 2.00 e. The normalized spacial score (nSPS) is 0. The molecule has 20 valence electrons. The fourth-order valence-corrected chi connectivity index (χ4v) is 0. The van der Waals surface area contributed by atoms with Crippen molar-refractivity contribution < 1.29 is 24.8 Å². The summed E-state index contributed by atoms with van der Waals surface area (Å²) in [5, 5.41) is 0. The second-order valence-electron chi connectivity index (χ2n) is 0. The second kappa shape index (κ2) is 19.4. The summed E-state index contributed by atoms with van der Waals surface area (Å²) in [5.41, 5.74) is 0. The van der Waals surface area contributed by atoms with Crippen LogP contribution in [0.2, 0.25) is 0 Å². The first kappa shape index (κ1) is 35.8. The summed E-state index contributed by atoms with van der Waals surface area (Å²) in [4.78, 5) is 0. The molecule has 0 spiro atoms. The van der Waals surface area contributed by atoms with E-state index in [1.165, 1.54) is 0 Å². The van der Waals surface area contributed by atoms with Gasteiger partial charge in [-0.2, -0.15) is 0 Å². The molecule has 0 radical (unpaired) electrons. The van der Waals surface area contributed by atoms with E-state index in [0.717, 1.165) is 0 Å². The van der Waals surface area contributed by atoms with Crippen LogP contribution in [0, 0.1) is 0 Å². The van der Waals surface area contributed by atoms with Gasteiger partial charge in [-0.1, -0.05) is 0 Å². The molecule has 0 amide bonds. The summed E-state index contributed by atoms with van der Waals surface area (Å²) in [5.74, 6) is 0. The number of hydrogen-bond acceptors (Lipinski definition) is 0. The van der Waals surface area contributed by atoms with Crippen molar-refractivity contribution in [1.82, 2.24) is 0 Å². The standard InChI is InChI=1S/2ClH.2Mg.2H/h2*1H;;;;/q;;;+2;;/p-2. The molecule has 0 heterocycles. The van der Waals surface area contributed by atoms with Crippen LogP contribution in [0.1, 0.15) is 0 Å². The van der Waals surface area contributed by atoms with Crippen LogP contribution in [0.15, 0.2) is 0 Å². The summed E-state index contributed by atoms with van der Waals surface area (Å²) >= 11 is 0. The van der Waals surface area contributed by atoms with Gasteiger partial charge in [0.2, 0.25) is 0 Å². The van der Waals surface area contributed by atoms with Gasteiger partial charge in [0, 0.05) is 0 Å². The molecule has 0 atom stereocenters. The van der Waals surface area contributed by atoms with E-state index in [2.05, 4.69) is 0 Å². The number of hydrogen-bond donors (Lipinski definition) is 0. The monoisotopic (exact) mass is 120 g/mol. The SMILES string of the molecule is [Cl-].[Cl-].[Mg+2].[MgH2]. The van der Waals surface area contributed by atoms with Gasteiger partial charge < -0.3 is 24.8 Å². The van der Waals surface area contributed by atoms with Crippen molar-refractivity contribution in [1.29, 1.82) is 0 Å². The van der Waals surface area contributed by atoms with Crippen molar-refractivity contribution in [2.24, 2.45) is 0 Å². The third-order valence-corrected chi connectivity index (χ3v) is 0. The maximum absolute atomic E-state index is 0. The molecule has 0 unspecified atom stereocenters. The van der Waals surface area contributed by atoms with Crippen molar-refractivity contribution in [2.75, 3.05) is 0 Å². The Hall–Kier alpha value is 2.11. The predicted octanol–water partition coefficient (Wildman–Crippen LogP) is -7.29. The van der Waals surface area contributed by atoms with E-state index in [4.69, 9.17) is 0 Å². The molecular formula is H2Cl2Mg2. The molecule has 0 N–H and O–H groups in total. The molecule has 0 fully saturated rings. The smallest absolute Gasteiger partial charge is 1.00 e. The Bertz CT molecular complexity index is 4.00. The Labute approximate surface area is 70.2 Å². The van der Waals surface area contributed by atoms with Crippen LogP contribution < -0.4 is 24.8 Å². The molecule has 0 aliphatic rings. The molecule has 4 heavy (non-hydrogen) atoms. The third kappa shape index (κ3) is 8.93. The van der Waals surface area contributed by atoms with Crippen LogP contribution in [-0.4, -0.2) is 46.1 Å². The van der Waals surface area contributed by atoms with Crippen LogP contribution in [0.4, 0.5) is 0 Å². The number of halogens is 2. The maximum atomic E-state index is 0. The largest absolute Gasteiger partial charge is 2.00 e. The summed E-state index contributed by atoms with van der Waals surface area (Å²) in [7, 11) is 0. The van der Waals surface area contributed by atoms with Crippen molar-refractivity contribution in [3.63, 3.8) is 0 Å². The Balaban J connectivity index is 0. The summed E-state index contributed by atoms with van der Waals surface area (Å²) in [6.07, 6.45) is 0. The Kier molecular flexibility index (Phi) is 173. The third-order valence-electron chi connectivity index (χ3n) is 0. The molecule has 0 rings (SSSR count). The van der Waals surface area contributed by atoms with E-state index >= 15 is 0 Å². The van der Waals surface area contributed by atoms with E-state index in [0.29, 0.717) is 0 Å².